The van der Waals surface area contributed by atoms with Crippen molar-refractivity contribution in [2.75, 3.05) is 0 Å². The molecule has 0 radical (unpaired) electrons. The minimum atomic E-state index is 0.935. The quantitative estimate of drug-likeness (QED) is 0.211. The second-order valence-corrected chi connectivity index (χ2v) is 8.35. The van der Waals surface area contributed by atoms with E-state index in [1.54, 1.807) is 0 Å². The van der Waals surface area contributed by atoms with E-state index < -0.39 is 0 Å². The van der Waals surface area contributed by atoms with Crippen LogP contribution in [-0.2, 0) is 0 Å². The van der Waals surface area contributed by atoms with Crippen molar-refractivity contribution in [2.24, 2.45) is 0 Å². The number of aromatic nitrogens is 2. The molecule has 31 heavy (non-hydrogen) atoms. The van der Waals surface area contributed by atoms with Gasteiger partial charge in [-0.15, -0.1) is 0 Å². The van der Waals surface area contributed by atoms with E-state index in [0.29, 0.717) is 0 Å². The number of rotatable bonds is 1. The van der Waals surface area contributed by atoms with E-state index in [1.807, 2.05) is 0 Å². The molecule has 0 amide bonds. The highest BCUT2D eigenvalue weighted by molar-refractivity contribution is 6.23. The van der Waals surface area contributed by atoms with Crippen LogP contribution in [-0.4, -0.2) is 9.97 Å². The second kappa shape index (κ2) is 5.99. The largest absolute Gasteiger partial charge is 0.249 e. The summed E-state index contributed by atoms with van der Waals surface area (Å²) in [6.07, 6.45) is 0. The van der Waals surface area contributed by atoms with Crippen LogP contribution in [0.2, 0.25) is 0 Å². The fraction of sp³-hybridized carbons (Fsp3) is 0.0345. The zero-order valence-corrected chi connectivity index (χ0v) is 17.1. The lowest BCUT2D eigenvalue weighted by Gasteiger charge is -2.13. The van der Waals surface area contributed by atoms with Gasteiger partial charge in [0.2, 0.25) is 0 Å². The summed E-state index contributed by atoms with van der Waals surface area (Å²) in [6.45, 7) is 2.06. The molecule has 0 spiro atoms. The molecule has 1 aromatic heterocycles. The van der Waals surface area contributed by atoms with Gasteiger partial charge < -0.3 is 0 Å². The molecule has 0 atom stereocenters. The third kappa shape index (κ3) is 2.39. The summed E-state index contributed by atoms with van der Waals surface area (Å²) in [5.41, 5.74) is 4.90. The van der Waals surface area contributed by atoms with Crippen molar-refractivity contribution in [3.8, 4) is 11.3 Å². The van der Waals surface area contributed by atoms with Crippen molar-refractivity contribution in [3.63, 3.8) is 0 Å². The van der Waals surface area contributed by atoms with Crippen LogP contribution in [0.25, 0.3) is 65.4 Å². The van der Waals surface area contributed by atoms with Gasteiger partial charge in [0.15, 0.2) is 0 Å². The fourth-order valence-electron chi connectivity index (χ4n) is 4.99. The van der Waals surface area contributed by atoms with Crippen LogP contribution >= 0.6 is 0 Å². The summed E-state index contributed by atoms with van der Waals surface area (Å²) in [5, 5.41) is 10.1. The Kier molecular flexibility index (Phi) is 3.23. The van der Waals surface area contributed by atoms with Crippen LogP contribution in [0, 0.1) is 6.92 Å². The molecule has 0 saturated heterocycles. The Morgan fingerprint density at radius 3 is 1.65 bits per heavy atom. The van der Waals surface area contributed by atoms with Crippen LogP contribution in [0.3, 0.4) is 0 Å². The number of nitrogens with zero attached hydrogens (tertiary/aromatic N) is 2. The van der Waals surface area contributed by atoms with Crippen molar-refractivity contribution >= 4 is 54.1 Å². The van der Waals surface area contributed by atoms with Gasteiger partial charge in [-0.1, -0.05) is 66.7 Å². The molecule has 1 heterocycles. The predicted molar refractivity (Wildman–Crippen MR) is 131 cm³/mol. The first kappa shape index (κ1) is 16.7. The second-order valence-electron chi connectivity index (χ2n) is 8.35. The van der Waals surface area contributed by atoms with Crippen molar-refractivity contribution in [1.29, 1.82) is 0 Å². The third-order valence-corrected chi connectivity index (χ3v) is 6.44. The molecule has 6 aromatic carbocycles. The molecular weight excluding hydrogens is 376 g/mol. The van der Waals surface area contributed by atoms with E-state index in [1.165, 1.54) is 43.1 Å². The summed E-state index contributed by atoms with van der Waals surface area (Å²) in [6, 6.07) is 32.6. The Labute approximate surface area is 179 Å². The lowest BCUT2D eigenvalue weighted by Crippen LogP contribution is -1.95. The maximum absolute atomic E-state index is 5.07. The first-order chi connectivity index (χ1) is 15.2. The summed E-state index contributed by atoms with van der Waals surface area (Å²) >= 11 is 0. The van der Waals surface area contributed by atoms with Crippen LogP contribution < -0.4 is 0 Å². The standard InChI is InChI=1S/C29H18N2/c1-17-29(31-26-16-21-6-3-2-5-20(21)15-25(26)30-17)24-13-22-11-9-18-7-4-8-19-10-12-23(14-24)28(22)27(18)19/h2-16H,1H3. The monoisotopic (exact) mass is 394 g/mol. The van der Waals surface area contributed by atoms with Crippen LogP contribution in [0.1, 0.15) is 5.69 Å². The molecule has 2 heteroatoms. The van der Waals surface area contributed by atoms with Gasteiger partial charge in [-0.25, -0.2) is 9.97 Å². The van der Waals surface area contributed by atoms with Crippen LogP contribution in [0.15, 0.2) is 91.0 Å². The van der Waals surface area contributed by atoms with Crippen LogP contribution in [0.5, 0.6) is 0 Å². The minimum absolute atomic E-state index is 0.935. The number of aryl methyl sites for hydroxylation is 1. The molecule has 0 unspecified atom stereocenters. The first-order valence-corrected chi connectivity index (χ1v) is 10.6. The van der Waals surface area contributed by atoms with E-state index in [4.69, 9.17) is 9.97 Å². The van der Waals surface area contributed by atoms with E-state index in [2.05, 4.69) is 97.9 Å². The van der Waals surface area contributed by atoms with E-state index in [0.717, 1.165) is 28.0 Å². The van der Waals surface area contributed by atoms with Crippen molar-refractivity contribution in [3.05, 3.63) is 96.7 Å². The fourth-order valence-corrected chi connectivity index (χ4v) is 4.99. The molecule has 144 valence electrons. The van der Waals surface area contributed by atoms with Gasteiger partial charge in [0, 0.05) is 5.56 Å². The zero-order valence-electron chi connectivity index (χ0n) is 17.1. The minimum Gasteiger partial charge on any atom is -0.249 e. The highest BCUT2D eigenvalue weighted by atomic mass is 14.8. The van der Waals surface area contributed by atoms with E-state index >= 15 is 0 Å². The average Bonchev–Trinajstić information content (AvgIpc) is 2.80. The zero-order chi connectivity index (χ0) is 20.5. The maximum Gasteiger partial charge on any atom is 0.0922 e. The summed E-state index contributed by atoms with van der Waals surface area (Å²) < 4.78 is 0. The Balaban J connectivity index is 1.52. The Morgan fingerprint density at radius 1 is 0.484 bits per heavy atom. The molecule has 0 aliphatic heterocycles. The molecule has 0 aliphatic carbocycles. The molecule has 0 aliphatic rings. The molecule has 7 rings (SSSR count). The molecule has 2 nitrogen and oxygen atoms in total. The number of hydrogen-bond acceptors (Lipinski definition) is 2. The molecular formula is C29H18N2. The van der Waals surface area contributed by atoms with Gasteiger partial charge in [0.25, 0.3) is 0 Å². The van der Waals surface area contributed by atoms with Crippen molar-refractivity contribution in [2.45, 2.75) is 6.92 Å². The number of benzene rings is 6. The Morgan fingerprint density at radius 2 is 1.00 bits per heavy atom. The third-order valence-electron chi connectivity index (χ3n) is 6.44. The van der Waals surface area contributed by atoms with E-state index in [9.17, 15) is 0 Å². The van der Waals surface area contributed by atoms with Crippen molar-refractivity contribution in [1.82, 2.24) is 9.97 Å². The Hall–Kier alpha value is -4.04. The SMILES string of the molecule is Cc1nc2cc3ccccc3cc2nc1-c1cc2ccc3cccc4ccc(c1)c2c34. The lowest BCUT2D eigenvalue weighted by molar-refractivity contribution is 1.19. The van der Waals surface area contributed by atoms with Gasteiger partial charge in [0.05, 0.1) is 22.4 Å². The smallest absolute Gasteiger partial charge is 0.0922 e. The summed E-state index contributed by atoms with van der Waals surface area (Å²) in [4.78, 5) is 9.99. The highest BCUT2D eigenvalue weighted by Gasteiger charge is 2.13. The maximum atomic E-state index is 5.07. The summed E-state index contributed by atoms with van der Waals surface area (Å²) in [7, 11) is 0. The van der Waals surface area contributed by atoms with Crippen molar-refractivity contribution < 1.29 is 0 Å². The van der Waals surface area contributed by atoms with Crippen LogP contribution in [0.4, 0.5) is 0 Å². The van der Waals surface area contributed by atoms with Gasteiger partial charge in [-0.05, 0) is 74.3 Å². The predicted octanol–water partition coefficient (Wildman–Crippen LogP) is 7.66. The Bertz CT molecular complexity index is 1730. The van der Waals surface area contributed by atoms with Gasteiger partial charge in [-0.2, -0.15) is 0 Å². The number of fused-ring (bicyclic) bond motifs is 2. The highest BCUT2D eigenvalue weighted by Crippen LogP contribution is 2.37. The van der Waals surface area contributed by atoms with Gasteiger partial charge in [0.1, 0.15) is 0 Å². The van der Waals surface area contributed by atoms with Gasteiger partial charge >= 0.3 is 0 Å². The van der Waals surface area contributed by atoms with E-state index in [-0.39, 0.29) is 0 Å². The average molecular weight is 394 g/mol. The number of hydrogen-bond donors (Lipinski definition) is 0. The summed E-state index contributed by atoms with van der Waals surface area (Å²) in [5.74, 6) is 0. The molecule has 0 N–H and O–H groups in total. The first-order valence-electron chi connectivity index (χ1n) is 10.6. The van der Waals surface area contributed by atoms with Gasteiger partial charge in [-0.3, -0.25) is 0 Å². The molecule has 0 bridgehead atoms. The molecule has 0 saturated carbocycles. The molecule has 0 fully saturated rings. The normalized spacial score (nSPS) is 12.0. The lowest BCUT2D eigenvalue weighted by atomic mass is 9.92. The topological polar surface area (TPSA) is 25.8 Å². The molecule has 7 aromatic rings.